The van der Waals surface area contributed by atoms with Crippen LogP contribution in [0.2, 0.25) is 0 Å². The molecule has 0 saturated carbocycles. The van der Waals surface area contributed by atoms with Gasteiger partial charge in [-0.05, 0) is 36.6 Å². The molecule has 2 fully saturated rings. The van der Waals surface area contributed by atoms with E-state index in [1.807, 2.05) is 35.2 Å². The first-order valence-electron chi connectivity index (χ1n) is 7.83. The quantitative estimate of drug-likeness (QED) is 0.546. The van der Waals surface area contributed by atoms with E-state index >= 15 is 0 Å². The number of thioether (sulfide) groups is 1. The van der Waals surface area contributed by atoms with E-state index < -0.39 is 0 Å². The fourth-order valence-corrected chi connectivity index (χ4v) is 4.50. The lowest BCUT2D eigenvalue weighted by atomic mass is 10.2. The van der Waals surface area contributed by atoms with Crippen molar-refractivity contribution < 1.29 is 9.59 Å². The molecular formula is C17H17BrN2O2S2. The highest BCUT2D eigenvalue weighted by atomic mass is 79.9. The van der Waals surface area contributed by atoms with Gasteiger partial charge in [0.15, 0.2) is 0 Å². The zero-order valence-corrected chi connectivity index (χ0v) is 16.3. The minimum Gasteiger partial charge on any atom is -0.343 e. The molecule has 3 rings (SSSR count). The third-order valence-corrected chi connectivity index (χ3v) is 5.90. The molecule has 2 heterocycles. The van der Waals surface area contributed by atoms with Gasteiger partial charge in [0.05, 0.1) is 4.91 Å². The summed E-state index contributed by atoms with van der Waals surface area (Å²) in [6.07, 6.45) is 4.31. The molecule has 1 aromatic rings. The van der Waals surface area contributed by atoms with E-state index in [0.29, 0.717) is 22.2 Å². The normalized spacial score (nSPS) is 19.6. The maximum absolute atomic E-state index is 12.6. The standard InChI is InChI=1S/C17H17BrN2O2S2/c18-13-5-3-4-12(10-13)11-14-16(22)20(17(23)24-14)9-6-15(21)19-7-1-2-8-19/h3-5,10-11H,1-2,6-9H2/b14-11-. The molecule has 0 bridgehead atoms. The number of rotatable bonds is 4. The second-order valence-electron chi connectivity index (χ2n) is 5.73. The molecule has 7 heteroatoms. The maximum Gasteiger partial charge on any atom is 0.266 e. The third kappa shape index (κ3) is 4.07. The van der Waals surface area contributed by atoms with E-state index in [9.17, 15) is 9.59 Å². The highest BCUT2D eigenvalue weighted by Gasteiger charge is 2.32. The Bertz CT molecular complexity index is 714. The molecule has 24 heavy (non-hydrogen) atoms. The topological polar surface area (TPSA) is 40.6 Å². The highest BCUT2D eigenvalue weighted by molar-refractivity contribution is 9.10. The molecule has 0 atom stereocenters. The van der Waals surface area contributed by atoms with Crippen LogP contribution in [0.5, 0.6) is 0 Å². The Morgan fingerprint density at radius 3 is 2.79 bits per heavy atom. The van der Waals surface area contributed by atoms with E-state index in [-0.39, 0.29) is 11.8 Å². The zero-order valence-electron chi connectivity index (χ0n) is 13.0. The first-order chi connectivity index (χ1) is 11.5. The van der Waals surface area contributed by atoms with Gasteiger partial charge in [-0.15, -0.1) is 0 Å². The maximum atomic E-state index is 12.6. The summed E-state index contributed by atoms with van der Waals surface area (Å²) in [7, 11) is 0. The number of thiocarbonyl (C=S) groups is 1. The Morgan fingerprint density at radius 1 is 1.33 bits per heavy atom. The number of benzene rings is 1. The highest BCUT2D eigenvalue weighted by Crippen LogP contribution is 2.33. The Kier molecular flexibility index (Phi) is 5.73. The Morgan fingerprint density at radius 2 is 2.08 bits per heavy atom. The third-order valence-electron chi connectivity index (χ3n) is 4.03. The van der Waals surface area contributed by atoms with Crippen molar-refractivity contribution in [2.24, 2.45) is 0 Å². The second-order valence-corrected chi connectivity index (χ2v) is 8.32. The molecule has 0 unspecified atom stereocenters. The lowest BCUT2D eigenvalue weighted by Crippen LogP contribution is -2.34. The van der Waals surface area contributed by atoms with Crippen molar-refractivity contribution in [3.8, 4) is 0 Å². The molecule has 2 amide bonds. The van der Waals surface area contributed by atoms with Gasteiger partial charge in [0.2, 0.25) is 5.91 Å². The minimum absolute atomic E-state index is 0.109. The van der Waals surface area contributed by atoms with Gasteiger partial charge in [-0.3, -0.25) is 14.5 Å². The van der Waals surface area contributed by atoms with Crippen molar-refractivity contribution in [3.05, 3.63) is 39.2 Å². The molecule has 0 aromatic heterocycles. The average Bonchev–Trinajstić information content (AvgIpc) is 3.16. The number of carbonyl (C=O) groups excluding carboxylic acids is 2. The smallest absolute Gasteiger partial charge is 0.266 e. The number of halogens is 1. The van der Waals surface area contributed by atoms with Crippen LogP contribution < -0.4 is 0 Å². The predicted octanol–water partition coefficient (Wildman–Crippen LogP) is 3.66. The summed E-state index contributed by atoms with van der Waals surface area (Å²) in [5.74, 6) is -0.00304. The van der Waals surface area contributed by atoms with Crippen molar-refractivity contribution in [1.82, 2.24) is 9.80 Å². The second kappa shape index (κ2) is 7.80. The van der Waals surface area contributed by atoms with Gasteiger partial charge in [0.25, 0.3) is 5.91 Å². The molecule has 4 nitrogen and oxygen atoms in total. The number of nitrogens with zero attached hydrogens (tertiary/aromatic N) is 2. The fourth-order valence-electron chi connectivity index (χ4n) is 2.77. The summed E-state index contributed by atoms with van der Waals surface area (Å²) >= 11 is 10.0. The molecule has 0 N–H and O–H groups in total. The van der Waals surface area contributed by atoms with Gasteiger partial charge in [-0.2, -0.15) is 0 Å². The van der Waals surface area contributed by atoms with Crippen LogP contribution in [0, 0.1) is 0 Å². The van der Waals surface area contributed by atoms with E-state index in [1.54, 1.807) is 0 Å². The number of carbonyl (C=O) groups is 2. The van der Waals surface area contributed by atoms with Crippen LogP contribution in [0.15, 0.2) is 33.6 Å². The number of hydrogen-bond donors (Lipinski definition) is 0. The van der Waals surface area contributed by atoms with Crippen LogP contribution in [-0.2, 0) is 9.59 Å². The van der Waals surface area contributed by atoms with Crippen LogP contribution in [-0.4, -0.2) is 45.6 Å². The van der Waals surface area contributed by atoms with E-state index in [0.717, 1.165) is 36.0 Å². The largest absolute Gasteiger partial charge is 0.343 e. The van der Waals surface area contributed by atoms with Gasteiger partial charge >= 0.3 is 0 Å². The monoisotopic (exact) mass is 424 g/mol. The van der Waals surface area contributed by atoms with Crippen LogP contribution in [0.1, 0.15) is 24.8 Å². The average molecular weight is 425 g/mol. The Labute approximate surface area is 159 Å². The first-order valence-corrected chi connectivity index (χ1v) is 9.85. The summed E-state index contributed by atoms with van der Waals surface area (Å²) < 4.78 is 1.48. The summed E-state index contributed by atoms with van der Waals surface area (Å²) in [5.41, 5.74) is 0.943. The zero-order chi connectivity index (χ0) is 17.1. The lowest BCUT2D eigenvalue weighted by molar-refractivity contribution is -0.130. The molecule has 0 radical (unpaired) electrons. The molecule has 2 aliphatic heterocycles. The van der Waals surface area contributed by atoms with Crippen LogP contribution in [0.3, 0.4) is 0 Å². The summed E-state index contributed by atoms with van der Waals surface area (Å²) in [5, 5.41) is 0. The van der Waals surface area contributed by atoms with Crippen LogP contribution >= 0.6 is 39.9 Å². The summed E-state index contributed by atoms with van der Waals surface area (Å²) in [6.45, 7) is 2.02. The predicted molar refractivity (Wildman–Crippen MR) is 104 cm³/mol. The van der Waals surface area contributed by atoms with Gasteiger partial charge < -0.3 is 4.90 Å². The van der Waals surface area contributed by atoms with E-state index in [2.05, 4.69) is 15.9 Å². The van der Waals surface area contributed by atoms with Crippen LogP contribution in [0.4, 0.5) is 0 Å². The van der Waals surface area contributed by atoms with Crippen LogP contribution in [0.25, 0.3) is 6.08 Å². The van der Waals surface area contributed by atoms with E-state index in [1.165, 1.54) is 16.7 Å². The molecule has 0 spiro atoms. The molecule has 2 aliphatic rings. The number of hydrogen-bond acceptors (Lipinski definition) is 4. The minimum atomic E-state index is -0.112. The lowest BCUT2D eigenvalue weighted by Gasteiger charge is -2.18. The Balaban J connectivity index is 1.64. The SMILES string of the molecule is O=C(CCN1C(=O)/C(=C/c2cccc(Br)c2)SC1=S)N1CCCC1. The van der Waals surface area contributed by atoms with Crippen molar-refractivity contribution >= 4 is 62.1 Å². The molecule has 2 saturated heterocycles. The van der Waals surface area contributed by atoms with Crippen molar-refractivity contribution in [3.63, 3.8) is 0 Å². The summed E-state index contributed by atoms with van der Waals surface area (Å²) in [4.78, 5) is 28.7. The van der Waals surface area contributed by atoms with Gasteiger partial charge in [-0.25, -0.2) is 0 Å². The molecule has 126 valence electrons. The van der Waals surface area contributed by atoms with Gasteiger partial charge in [0.1, 0.15) is 4.32 Å². The number of amides is 2. The Hall–Kier alpha value is -1.18. The number of likely N-dealkylation sites (tertiary alicyclic amines) is 1. The molecular weight excluding hydrogens is 408 g/mol. The molecule has 0 aliphatic carbocycles. The van der Waals surface area contributed by atoms with E-state index in [4.69, 9.17) is 12.2 Å². The fraction of sp³-hybridized carbons (Fsp3) is 0.353. The van der Waals surface area contributed by atoms with Gasteiger partial charge in [-0.1, -0.05) is 52.0 Å². The van der Waals surface area contributed by atoms with Crippen molar-refractivity contribution in [2.75, 3.05) is 19.6 Å². The molecule has 1 aromatic carbocycles. The first kappa shape index (κ1) is 17.6. The van der Waals surface area contributed by atoms with Crippen molar-refractivity contribution in [2.45, 2.75) is 19.3 Å². The summed E-state index contributed by atoms with van der Waals surface area (Å²) in [6, 6.07) is 7.75. The van der Waals surface area contributed by atoms with Crippen molar-refractivity contribution in [1.29, 1.82) is 0 Å². The van der Waals surface area contributed by atoms with Gasteiger partial charge in [0, 0.05) is 30.5 Å².